The van der Waals surface area contributed by atoms with Gasteiger partial charge in [-0.05, 0) is 30.3 Å². The Morgan fingerprint density at radius 3 is 1.28 bits per heavy atom. The summed E-state index contributed by atoms with van der Waals surface area (Å²) in [5.41, 5.74) is 8.44. The average molecular weight is 463 g/mol. The fraction of sp³-hybridized carbons (Fsp3) is 0. The van der Waals surface area contributed by atoms with Crippen molar-refractivity contribution in [1.82, 2.24) is 18.8 Å². The first kappa shape index (κ1) is 20.4. The van der Waals surface area contributed by atoms with E-state index in [2.05, 4.69) is 118 Å². The maximum atomic E-state index is 5.12. The van der Waals surface area contributed by atoms with Gasteiger partial charge in [0.25, 0.3) is 0 Å². The van der Waals surface area contributed by atoms with Gasteiger partial charge in [-0.25, -0.2) is 9.97 Å². The van der Waals surface area contributed by atoms with E-state index in [0.717, 1.165) is 56.3 Å². The third-order valence-corrected chi connectivity index (χ3v) is 6.57. The first-order chi connectivity index (χ1) is 17.9. The van der Waals surface area contributed by atoms with Crippen molar-refractivity contribution in [1.29, 1.82) is 0 Å². The molecule has 0 saturated carbocycles. The van der Waals surface area contributed by atoms with Crippen LogP contribution in [0.2, 0.25) is 0 Å². The number of benzene rings is 3. The van der Waals surface area contributed by atoms with Gasteiger partial charge in [-0.15, -0.1) is 0 Å². The molecular formula is C32H22N4. The fourth-order valence-corrected chi connectivity index (χ4v) is 4.90. The van der Waals surface area contributed by atoms with Crippen molar-refractivity contribution in [3.8, 4) is 45.3 Å². The molecule has 0 radical (unpaired) electrons. The Balaban J connectivity index is 1.41. The highest BCUT2D eigenvalue weighted by Crippen LogP contribution is 2.33. The maximum absolute atomic E-state index is 5.12. The summed E-state index contributed by atoms with van der Waals surface area (Å²) in [6.07, 6.45) is 4.16. The lowest BCUT2D eigenvalue weighted by Gasteiger charge is -2.05. The molecule has 4 nitrogen and oxygen atoms in total. The highest BCUT2D eigenvalue weighted by molar-refractivity contribution is 5.84. The van der Waals surface area contributed by atoms with Gasteiger partial charge >= 0.3 is 0 Å². The number of nitrogens with zero attached hydrogens (tertiary/aromatic N) is 4. The summed E-state index contributed by atoms with van der Waals surface area (Å²) in [4.78, 5) is 10.2. The molecule has 0 N–H and O–H groups in total. The molecule has 0 aliphatic heterocycles. The van der Waals surface area contributed by atoms with Gasteiger partial charge in [0, 0.05) is 34.6 Å². The van der Waals surface area contributed by atoms with E-state index in [1.54, 1.807) is 0 Å². The molecule has 0 aliphatic rings. The summed E-state index contributed by atoms with van der Waals surface area (Å²) in [5, 5.41) is 0. The SMILES string of the molecule is c1ccc(-c2nc(-c3cccc(-c4nc(-c5ccccc5)c5ccccn45)c3)n3ccccc23)cc1. The molecule has 0 amide bonds. The summed E-state index contributed by atoms with van der Waals surface area (Å²) in [6.45, 7) is 0. The lowest BCUT2D eigenvalue weighted by Crippen LogP contribution is -1.91. The Bertz CT molecular complexity index is 1700. The fourth-order valence-electron chi connectivity index (χ4n) is 4.90. The topological polar surface area (TPSA) is 34.6 Å². The monoisotopic (exact) mass is 462 g/mol. The van der Waals surface area contributed by atoms with Crippen LogP contribution in [0, 0.1) is 0 Å². The van der Waals surface area contributed by atoms with E-state index >= 15 is 0 Å². The summed E-state index contributed by atoms with van der Waals surface area (Å²) in [6, 6.07) is 41.7. The van der Waals surface area contributed by atoms with Gasteiger partial charge in [0.1, 0.15) is 11.6 Å². The van der Waals surface area contributed by atoms with E-state index in [0.29, 0.717) is 0 Å². The Labute approximate surface area is 208 Å². The van der Waals surface area contributed by atoms with Gasteiger partial charge in [-0.1, -0.05) is 91.0 Å². The van der Waals surface area contributed by atoms with Crippen LogP contribution in [0.25, 0.3) is 56.3 Å². The molecule has 7 rings (SSSR count). The minimum Gasteiger partial charge on any atom is -0.299 e. The van der Waals surface area contributed by atoms with Crippen LogP contribution in [-0.4, -0.2) is 18.8 Å². The van der Waals surface area contributed by atoms with Crippen LogP contribution in [0.1, 0.15) is 0 Å². The lowest BCUT2D eigenvalue weighted by atomic mass is 10.1. The van der Waals surface area contributed by atoms with Gasteiger partial charge in [0.15, 0.2) is 0 Å². The second-order valence-electron chi connectivity index (χ2n) is 8.79. The van der Waals surface area contributed by atoms with E-state index < -0.39 is 0 Å². The van der Waals surface area contributed by atoms with Crippen LogP contribution in [0.15, 0.2) is 134 Å². The Hall–Kier alpha value is -4.96. The van der Waals surface area contributed by atoms with E-state index in [4.69, 9.17) is 9.97 Å². The van der Waals surface area contributed by atoms with Gasteiger partial charge in [0.05, 0.1) is 22.4 Å². The third-order valence-electron chi connectivity index (χ3n) is 6.57. The molecule has 0 fully saturated rings. The van der Waals surface area contributed by atoms with Crippen molar-refractivity contribution in [3.63, 3.8) is 0 Å². The average Bonchev–Trinajstić information content (AvgIpc) is 3.54. The number of hydrogen-bond acceptors (Lipinski definition) is 2. The Morgan fingerprint density at radius 2 is 0.806 bits per heavy atom. The van der Waals surface area contributed by atoms with Crippen molar-refractivity contribution in [2.45, 2.75) is 0 Å². The molecular weight excluding hydrogens is 440 g/mol. The van der Waals surface area contributed by atoms with Gasteiger partial charge in [-0.2, -0.15) is 0 Å². The second-order valence-corrected chi connectivity index (χ2v) is 8.79. The first-order valence-electron chi connectivity index (χ1n) is 12.0. The van der Waals surface area contributed by atoms with Crippen LogP contribution in [0.5, 0.6) is 0 Å². The predicted octanol–water partition coefficient (Wildman–Crippen LogP) is 7.65. The smallest absolute Gasteiger partial charge is 0.145 e. The molecule has 3 aromatic carbocycles. The molecule has 0 saturated heterocycles. The molecule has 0 spiro atoms. The first-order valence-corrected chi connectivity index (χ1v) is 12.0. The number of rotatable bonds is 4. The quantitative estimate of drug-likeness (QED) is 0.269. The van der Waals surface area contributed by atoms with Crippen LogP contribution in [-0.2, 0) is 0 Å². The number of aromatic nitrogens is 4. The van der Waals surface area contributed by atoms with Crippen LogP contribution >= 0.6 is 0 Å². The zero-order valence-electron chi connectivity index (χ0n) is 19.5. The Kier molecular flexibility index (Phi) is 4.74. The Morgan fingerprint density at radius 1 is 0.389 bits per heavy atom. The van der Waals surface area contributed by atoms with E-state index in [9.17, 15) is 0 Å². The molecule has 4 heterocycles. The van der Waals surface area contributed by atoms with Crippen molar-refractivity contribution in [2.75, 3.05) is 0 Å². The minimum atomic E-state index is 0.912. The third kappa shape index (κ3) is 3.31. The zero-order valence-corrected chi connectivity index (χ0v) is 19.5. The second kappa shape index (κ2) is 8.36. The lowest BCUT2D eigenvalue weighted by molar-refractivity contribution is 1.15. The summed E-state index contributed by atoms with van der Waals surface area (Å²) < 4.78 is 4.33. The summed E-state index contributed by atoms with van der Waals surface area (Å²) in [5.74, 6) is 1.82. The van der Waals surface area contributed by atoms with Crippen molar-refractivity contribution in [3.05, 3.63) is 134 Å². The van der Waals surface area contributed by atoms with E-state index in [1.165, 1.54) is 0 Å². The predicted molar refractivity (Wildman–Crippen MR) is 146 cm³/mol. The number of hydrogen-bond donors (Lipinski definition) is 0. The molecule has 4 aromatic heterocycles. The molecule has 7 aromatic rings. The minimum absolute atomic E-state index is 0.912. The molecule has 4 heteroatoms. The van der Waals surface area contributed by atoms with E-state index in [-0.39, 0.29) is 0 Å². The van der Waals surface area contributed by atoms with Gasteiger partial charge < -0.3 is 0 Å². The molecule has 0 atom stereocenters. The molecule has 170 valence electrons. The van der Waals surface area contributed by atoms with Crippen LogP contribution in [0.4, 0.5) is 0 Å². The van der Waals surface area contributed by atoms with Crippen molar-refractivity contribution in [2.24, 2.45) is 0 Å². The maximum Gasteiger partial charge on any atom is 0.145 e. The largest absolute Gasteiger partial charge is 0.299 e. The van der Waals surface area contributed by atoms with E-state index in [1.807, 2.05) is 24.3 Å². The van der Waals surface area contributed by atoms with Crippen molar-refractivity contribution >= 4 is 11.0 Å². The summed E-state index contributed by atoms with van der Waals surface area (Å²) >= 11 is 0. The molecule has 0 unspecified atom stereocenters. The molecule has 36 heavy (non-hydrogen) atoms. The van der Waals surface area contributed by atoms with Crippen LogP contribution < -0.4 is 0 Å². The van der Waals surface area contributed by atoms with Crippen molar-refractivity contribution < 1.29 is 0 Å². The highest BCUT2D eigenvalue weighted by Gasteiger charge is 2.17. The zero-order chi connectivity index (χ0) is 23.9. The molecule has 0 aliphatic carbocycles. The highest BCUT2D eigenvalue weighted by atomic mass is 15.0. The number of pyridine rings is 2. The van der Waals surface area contributed by atoms with Gasteiger partial charge in [-0.3, -0.25) is 8.80 Å². The standard InChI is InChI=1S/C32H22N4/c1-3-12-23(13-4-1)29-27-18-7-9-20-35(27)31(33-29)25-16-11-17-26(22-25)32-34-30(24-14-5-2-6-15-24)28-19-8-10-21-36(28)32/h1-22H. The molecule has 0 bridgehead atoms. The normalized spacial score (nSPS) is 11.3. The van der Waals surface area contributed by atoms with Gasteiger partial charge in [0.2, 0.25) is 0 Å². The summed E-state index contributed by atoms with van der Waals surface area (Å²) in [7, 11) is 0. The number of fused-ring (bicyclic) bond motifs is 2. The number of imidazole rings is 2. The van der Waals surface area contributed by atoms with Crippen LogP contribution in [0.3, 0.4) is 0 Å².